The molecule has 3 aromatic rings. The second-order valence-corrected chi connectivity index (χ2v) is 36.0. The number of carbonyl (C=O) groups excluding carboxylic acids is 2. The van der Waals surface area contributed by atoms with Crippen LogP contribution in [-0.2, 0) is 35.1 Å². The zero-order valence-corrected chi connectivity index (χ0v) is 53.8. The minimum absolute atomic E-state index is 0.0957. The van der Waals surface area contributed by atoms with Gasteiger partial charge in [0.15, 0.2) is 16.6 Å². The smallest absolute Gasteiger partial charge is 0.411 e. The Balaban J connectivity index is 0.000000310. The first-order chi connectivity index (χ1) is 35.8. The molecule has 3 aromatic carbocycles. The number of cyclic esters (lactones) is 2. The van der Waals surface area contributed by atoms with Gasteiger partial charge in [-0.25, -0.2) is 9.59 Å². The lowest BCUT2D eigenvalue weighted by molar-refractivity contribution is -0.0846. The van der Waals surface area contributed by atoms with Crippen molar-refractivity contribution in [2.75, 3.05) is 19.6 Å². The van der Waals surface area contributed by atoms with E-state index in [1.807, 2.05) is 109 Å². The molecule has 78 heavy (non-hydrogen) atoms. The van der Waals surface area contributed by atoms with Crippen molar-refractivity contribution < 1.29 is 38.1 Å². The summed E-state index contributed by atoms with van der Waals surface area (Å²) in [5, 5.41) is 25.2. The average molecular weight is 1110 g/mol. The number of rotatable bonds is 22. The summed E-state index contributed by atoms with van der Waals surface area (Å²) in [6, 6.07) is 29.4. The summed E-state index contributed by atoms with van der Waals surface area (Å²) in [6.45, 7) is 54.0. The zero-order valence-electron chi connectivity index (χ0n) is 51.8. The van der Waals surface area contributed by atoms with Gasteiger partial charge in [0, 0.05) is 44.8 Å². The zero-order chi connectivity index (χ0) is 59.4. The fraction of sp³-hybridized carbons (Fsp3) is 0.600. The van der Waals surface area contributed by atoms with Crippen LogP contribution in [0.15, 0.2) is 129 Å². The van der Waals surface area contributed by atoms with Crippen molar-refractivity contribution in [3.8, 4) is 0 Å². The maximum atomic E-state index is 13.1. The molecule has 13 heteroatoms. The van der Waals surface area contributed by atoms with Gasteiger partial charge in [-0.05, 0) is 135 Å². The number of benzene rings is 3. The standard InChI is InChI=1S/C24H39NO3Si.C23H41NO2Si.C18H25NO3/c1-10-16-24(20-14-12-11-13-15-20)17-18-25(21(26)27-24)19(2)23(6,7)28-29(8,9)22(3,4)5;1-10-16-23(25,20-14-12-11-13-15-20)17-18-24-19(2)22(6,7)26-27(8,9)21(3,4)5;1-5-11-18(15-9-7-6-8-10-15)12-13-19(16(20)22-18)14(2)17(3,4)21/h10-15,19H,1,16-18H2,2-9H3;10-15,19,24-25H,1,16-18H2,2-9H3;5-10,14,21H,1,11-13H2,2-4H3/t19-,24?;19-,23?;14-,18?/m000/s1. The minimum Gasteiger partial charge on any atom is -0.437 e. The summed E-state index contributed by atoms with van der Waals surface area (Å²) in [4.78, 5) is 29.1. The van der Waals surface area contributed by atoms with Crippen molar-refractivity contribution in [1.29, 1.82) is 0 Å². The number of aliphatic hydroxyl groups is 2. The maximum Gasteiger partial charge on any atom is 0.411 e. The van der Waals surface area contributed by atoms with E-state index in [0.29, 0.717) is 51.7 Å². The fourth-order valence-corrected chi connectivity index (χ4v) is 13.2. The molecule has 5 rings (SSSR count). The average Bonchev–Trinajstić information content (AvgIpc) is 3.33. The van der Waals surface area contributed by atoms with Crippen LogP contribution in [0.25, 0.3) is 0 Å². The number of nitrogens with zero attached hydrogens (tertiary/aromatic N) is 2. The van der Waals surface area contributed by atoms with E-state index < -0.39 is 44.6 Å². The highest BCUT2D eigenvalue weighted by atomic mass is 28.4. The van der Waals surface area contributed by atoms with Gasteiger partial charge in [-0.15, -0.1) is 19.7 Å². The van der Waals surface area contributed by atoms with Gasteiger partial charge in [-0.1, -0.05) is 151 Å². The Bertz CT molecular complexity index is 2380. The van der Waals surface area contributed by atoms with Gasteiger partial charge in [0.05, 0.1) is 34.5 Å². The van der Waals surface area contributed by atoms with Gasteiger partial charge < -0.3 is 43.7 Å². The number of amides is 2. The van der Waals surface area contributed by atoms with Crippen LogP contribution in [0.5, 0.6) is 0 Å². The summed E-state index contributed by atoms with van der Waals surface area (Å²) in [5.41, 5.74) is -0.937. The van der Waals surface area contributed by atoms with Crippen LogP contribution in [-0.4, -0.2) is 103 Å². The number of hydrogen-bond donors (Lipinski definition) is 3. The van der Waals surface area contributed by atoms with Crippen LogP contribution in [0.3, 0.4) is 0 Å². The Morgan fingerprint density at radius 1 is 0.603 bits per heavy atom. The molecule has 3 N–H and O–H groups in total. The molecule has 436 valence electrons. The number of hydrogen-bond acceptors (Lipinski definition) is 9. The van der Waals surface area contributed by atoms with Gasteiger partial charge in [0.2, 0.25) is 0 Å². The third-order valence-electron chi connectivity index (χ3n) is 17.5. The highest BCUT2D eigenvalue weighted by molar-refractivity contribution is 6.74. The summed E-state index contributed by atoms with van der Waals surface area (Å²) in [5.74, 6) is 0. The lowest BCUT2D eigenvalue weighted by Crippen LogP contribution is -2.60. The molecule has 2 heterocycles. The molecule has 0 saturated carbocycles. The molecule has 2 amide bonds. The van der Waals surface area contributed by atoms with Crippen molar-refractivity contribution in [2.45, 2.75) is 230 Å². The summed E-state index contributed by atoms with van der Waals surface area (Å²) in [7, 11) is -3.82. The first-order valence-corrected chi connectivity index (χ1v) is 34.2. The third-order valence-corrected chi connectivity index (χ3v) is 26.8. The van der Waals surface area contributed by atoms with Gasteiger partial charge in [0.1, 0.15) is 11.2 Å². The predicted molar refractivity (Wildman–Crippen MR) is 329 cm³/mol. The second-order valence-electron chi connectivity index (χ2n) is 26.6. The molecule has 0 radical (unpaired) electrons. The molecule has 0 spiro atoms. The summed E-state index contributed by atoms with van der Waals surface area (Å²) in [6.07, 6.45) is 8.51. The van der Waals surface area contributed by atoms with Crippen LogP contribution < -0.4 is 5.32 Å². The largest absolute Gasteiger partial charge is 0.437 e. The van der Waals surface area contributed by atoms with Gasteiger partial charge in [-0.2, -0.15) is 0 Å². The third kappa shape index (κ3) is 17.6. The van der Waals surface area contributed by atoms with E-state index in [1.165, 1.54) is 0 Å². The molecule has 0 bridgehead atoms. The molecule has 2 aliphatic heterocycles. The molecule has 11 nitrogen and oxygen atoms in total. The number of ether oxygens (including phenoxy) is 2. The molecule has 2 aliphatic rings. The van der Waals surface area contributed by atoms with Crippen molar-refractivity contribution in [3.05, 3.63) is 146 Å². The second kappa shape index (κ2) is 26.9. The summed E-state index contributed by atoms with van der Waals surface area (Å²) >= 11 is 0. The van der Waals surface area contributed by atoms with E-state index in [2.05, 4.69) is 134 Å². The van der Waals surface area contributed by atoms with E-state index in [-0.39, 0.29) is 46.0 Å². The molecular weight excluding hydrogens is 1010 g/mol. The first-order valence-electron chi connectivity index (χ1n) is 28.4. The van der Waals surface area contributed by atoms with Crippen molar-refractivity contribution in [2.24, 2.45) is 0 Å². The molecule has 0 aromatic heterocycles. The van der Waals surface area contributed by atoms with Crippen LogP contribution in [0, 0.1) is 0 Å². The maximum absolute atomic E-state index is 13.1. The Hall–Kier alpha value is -4.35. The van der Waals surface area contributed by atoms with E-state index in [9.17, 15) is 19.8 Å². The first kappa shape index (κ1) is 67.9. The monoisotopic (exact) mass is 1110 g/mol. The fourth-order valence-electron chi connectivity index (χ4n) is 9.57. The lowest BCUT2D eigenvalue weighted by atomic mass is 9.85. The Morgan fingerprint density at radius 2 is 0.974 bits per heavy atom. The van der Waals surface area contributed by atoms with Crippen LogP contribution >= 0.6 is 0 Å². The Morgan fingerprint density at radius 3 is 1.32 bits per heavy atom. The topological polar surface area (TPSA) is 130 Å². The van der Waals surface area contributed by atoms with E-state index >= 15 is 0 Å². The normalized spacial score (nSPS) is 20.7. The van der Waals surface area contributed by atoms with E-state index in [1.54, 1.807) is 30.9 Å². The van der Waals surface area contributed by atoms with Gasteiger partial charge >= 0.3 is 12.2 Å². The van der Waals surface area contributed by atoms with Crippen molar-refractivity contribution >= 4 is 28.8 Å². The molecule has 2 saturated heterocycles. The molecule has 3 unspecified atom stereocenters. The minimum atomic E-state index is -1.97. The van der Waals surface area contributed by atoms with E-state index in [4.69, 9.17) is 18.3 Å². The van der Waals surface area contributed by atoms with E-state index in [0.717, 1.165) is 23.1 Å². The van der Waals surface area contributed by atoms with Gasteiger partial charge in [-0.3, -0.25) is 0 Å². The highest BCUT2D eigenvalue weighted by Gasteiger charge is 2.50. The predicted octanol–water partition coefficient (Wildman–Crippen LogP) is 15.6. The van der Waals surface area contributed by atoms with Crippen LogP contribution in [0.4, 0.5) is 9.59 Å². The Kier molecular flexibility index (Phi) is 23.5. The molecular formula is C65H105N3O8Si2. The summed E-state index contributed by atoms with van der Waals surface area (Å²) < 4.78 is 25.3. The van der Waals surface area contributed by atoms with Gasteiger partial charge in [0.25, 0.3) is 0 Å². The van der Waals surface area contributed by atoms with Crippen molar-refractivity contribution in [3.63, 3.8) is 0 Å². The van der Waals surface area contributed by atoms with Crippen LogP contribution in [0.1, 0.15) is 159 Å². The molecule has 2 fully saturated rings. The van der Waals surface area contributed by atoms with Crippen LogP contribution in [0.2, 0.25) is 36.3 Å². The quantitative estimate of drug-likeness (QED) is 0.0665. The van der Waals surface area contributed by atoms with Crippen molar-refractivity contribution in [1.82, 2.24) is 15.1 Å². The highest BCUT2D eigenvalue weighted by Crippen LogP contribution is 2.44. The lowest BCUT2D eigenvalue weighted by Gasteiger charge is -2.50. The molecule has 0 aliphatic carbocycles. The number of carbonyl (C=O) groups is 2. The molecule has 6 atom stereocenters. The SMILES string of the molecule is C=CCC(O)(CCN[C@@H](C)C(C)(C)O[Si](C)(C)C(C)(C)C)c1ccccc1.C=CCC1(c2ccccc2)CCN([C@@H](C)C(C)(C)O)C(=O)O1.C=CCC1(c2ccccc2)CCN([C@@H](C)C(C)(C)O[Si](C)(C)C(C)(C)C)C(=O)O1. The number of nitrogens with one attached hydrogen (secondary N) is 1. The Labute approximate surface area is 475 Å².